The number of hydrogen-bond acceptors (Lipinski definition) is 4. The lowest BCUT2D eigenvalue weighted by atomic mass is 9.98. The van der Waals surface area contributed by atoms with Crippen molar-refractivity contribution in [1.29, 1.82) is 0 Å². The van der Waals surface area contributed by atoms with Crippen molar-refractivity contribution in [2.24, 2.45) is 0 Å². The fourth-order valence-corrected chi connectivity index (χ4v) is 3.63. The van der Waals surface area contributed by atoms with Crippen LogP contribution >= 0.6 is 0 Å². The summed E-state index contributed by atoms with van der Waals surface area (Å²) in [5.41, 5.74) is 4.24. The minimum atomic E-state index is -0.237. The van der Waals surface area contributed by atoms with Gasteiger partial charge in [0.1, 0.15) is 5.39 Å². The van der Waals surface area contributed by atoms with E-state index in [1.54, 1.807) is 6.20 Å². The molecule has 2 aromatic heterocycles. The Labute approximate surface area is 164 Å². The fraction of sp³-hybridized carbons (Fsp3) is 0.409. The number of aryl methyl sites for hydroxylation is 1. The van der Waals surface area contributed by atoms with Gasteiger partial charge in [-0.1, -0.05) is 37.3 Å². The van der Waals surface area contributed by atoms with Crippen molar-refractivity contribution in [3.05, 3.63) is 58.0 Å². The minimum absolute atomic E-state index is 0.138. The van der Waals surface area contributed by atoms with Gasteiger partial charge in [0.15, 0.2) is 5.65 Å². The molecule has 0 bridgehead atoms. The molecule has 4 rings (SSSR count). The van der Waals surface area contributed by atoms with Gasteiger partial charge >= 0.3 is 0 Å². The number of anilines is 1. The molecule has 0 radical (unpaired) electrons. The van der Waals surface area contributed by atoms with E-state index in [2.05, 4.69) is 73.0 Å². The molecule has 1 aliphatic heterocycles. The van der Waals surface area contributed by atoms with Crippen LogP contribution in [-0.2, 0) is 12.0 Å². The number of rotatable bonds is 3. The number of fused-ring (bicyclic) bond motifs is 1. The van der Waals surface area contributed by atoms with Crippen LogP contribution in [0.3, 0.4) is 0 Å². The van der Waals surface area contributed by atoms with Crippen molar-refractivity contribution in [3.63, 3.8) is 0 Å². The highest BCUT2D eigenvalue weighted by molar-refractivity contribution is 5.75. The maximum absolute atomic E-state index is 12.5. The summed E-state index contributed by atoms with van der Waals surface area (Å²) in [6.07, 6.45) is 5.81. The normalized spacial score (nSPS) is 15.1. The molecule has 146 valence electrons. The van der Waals surface area contributed by atoms with Gasteiger partial charge in [0.25, 0.3) is 5.56 Å². The van der Waals surface area contributed by atoms with Gasteiger partial charge in [0.05, 0.1) is 11.7 Å². The van der Waals surface area contributed by atoms with Crippen LogP contribution in [0.5, 0.6) is 0 Å². The molecule has 6 heteroatoms. The molecule has 0 saturated carbocycles. The molecular weight excluding hydrogens is 350 g/mol. The maximum atomic E-state index is 12.5. The Balaban J connectivity index is 1.62. The van der Waals surface area contributed by atoms with E-state index in [-0.39, 0.29) is 11.1 Å². The van der Waals surface area contributed by atoms with Crippen molar-refractivity contribution >= 4 is 22.6 Å². The first kappa shape index (κ1) is 18.5. The van der Waals surface area contributed by atoms with E-state index in [4.69, 9.17) is 4.98 Å². The van der Waals surface area contributed by atoms with Crippen molar-refractivity contribution in [1.82, 2.24) is 19.7 Å². The van der Waals surface area contributed by atoms with Crippen LogP contribution < -0.4 is 10.5 Å². The zero-order chi connectivity index (χ0) is 19.9. The second-order valence-electron chi connectivity index (χ2n) is 8.33. The van der Waals surface area contributed by atoms with Crippen molar-refractivity contribution in [2.45, 2.75) is 46.1 Å². The molecule has 0 spiro atoms. The second-order valence-corrected chi connectivity index (χ2v) is 8.33. The predicted molar refractivity (Wildman–Crippen MR) is 114 cm³/mol. The molecule has 1 aromatic carbocycles. The molecule has 3 aromatic rings. The van der Waals surface area contributed by atoms with Crippen LogP contribution in [0.1, 0.15) is 45.2 Å². The van der Waals surface area contributed by atoms with Gasteiger partial charge in [-0.25, -0.2) is 4.68 Å². The molecule has 1 aliphatic rings. The van der Waals surface area contributed by atoms with Crippen molar-refractivity contribution < 1.29 is 0 Å². The number of benzene rings is 1. The van der Waals surface area contributed by atoms with E-state index in [1.807, 2.05) is 4.68 Å². The lowest BCUT2D eigenvalue weighted by Crippen LogP contribution is -2.32. The summed E-state index contributed by atoms with van der Waals surface area (Å²) < 4.78 is 1.82. The Morgan fingerprint density at radius 2 is 1.93 bits per heavy atom. The third-order valence-electron chi connectivity index (χ3n) is 5.30. The Kier molecular flexibility index (Phi) is 4.57. The van der Waals surface area contributed by atoms with Crippen LogP contribution in [0, 0.1) is 0 Å². The summed E-state index contributed by atoms with van der Waals surface area (Å²) in [7, 11) is 0. The van der Waals surface area contributed by atoms with E-state index >= 15 is 0 Å². The number of nitrogens with zero attached hydrogens (tertiary/aromatic N) is 4. The largest absolute Gasteiger partial charge is 0.338 e. The first-order chi connectivity index (χ1) is 13.4. The molecule has 0 amide bonds. The Morgan fingerprint density at radius 3 is 2.54 bits per heavy atom. The maximum Gasteiger partial charge on any atom is 0.263 e. The lowest BCUT2D eigenvalue weighted by Gasteiger charge is -2.27. The van der Waals surface area contributed by atoms with Crippen molar-refractivity contribution in [2.75, 3.05) is 18.0 Å². The number of aromatic amines is 1. The average Bonchev–Trinajstić information content (AvgIpc) is 3.13. The average molecular weight is 377 g/mol. The summed E-state index contributed by atoms with van der Waals surface area (Å²) in [5.74, 6) is 0.611. The van der Waals surface area contributed by atoms with Crippen LogP contribution in [-0.4, -0.2) is 32.8 Å². The summed E-state index contributed by atoms with van der Waals surface area (Å²) >= 11 is 0. The highest BCUT2D eigenvalue weighted by atomic mass is 16.1. The lowest BCUT2D eigenvalue weighted by molar-refractivity contribution is 0.366. The molecule has 0 fully saturated rings. The predicted octanol–water partition coefficient (Wildman–Crippen LogP) is 3.73. The summed E-state index contributed by atoms with van der Waals surface area (Å²) in [4.78, 5) is 22.3. The van der Waals surface area contributed by atoms with E-state index in [1.165, 1.54) is 16.7 Å². The van der Waals surface area contributed by atoms with Crippen LogP contribution in [0.2, 0.25) is 0 Å². The topological polar surface area (TPSA) is 66.8 Å². The van der Waals surface area contributed by atoms with Gasteiger partial charge in [0, 0.05) is 13.1 Å². The summed E-state index contributed by atoms with van der Waals surface area (Å²) in [5, 5.41) is 4.91. The van der Waals surface area contributed by atoms with Gasteiger partial charge in [-0.05, 0) is 50.3 Å². The molecule has 6 nitrogen and oxygen atoms in total. The smallest absolute Gasteiger partial charge is 0.263 e. The standard InChI is InChI=1S/C22H27N5O/c1-5-15-6-8-16(9-7-15)17-10-12-26(13-11-17)21-24-19-18(20(28)25-21)14-23-27(19)22(2,3)4/h6-10,14H,5,11-13H2,1-4H3,(H,24,25,28). The molecule has 0 unspecified atom stereocenters. The highest BCUT2D eigenvalue weighted by Gasteiger charge is 2.22. The van der Waals surface area contributed by atoms with E-state index in [9.17, 15) is 4.79 Å². The molecule has 0 atom stereocenters. The van der Waals surface area contributed by atoms with Crippen molar-refractivity contribution in [3.8, 4) is 0 Å². The van der Waals surface area contributed by atoms with Crippen LogP contribution in [0.15, 0.2) is 41.3 Å². The van der Waals surface area contributed by atoms with Gasteiger partial charge < -0.3 is 4.90 Å². The van der Waals surface area contributed by atoms with Gasteiger partial charge in [-0.15, -0.1) is 0 Å². The van der Waals surface area contributed by atoms with Gasteiger partial charge in [-0.2, -0.15) is 10.1 Å². The third-order valence-corrected chi connectivity index (χ3v) is 5.30. The van der Waals surface area contributed by atoms with Crippen LogP contribution in [0.25, 0.3) is 16.6 Å². The number of H-pyrrole nitrogens is 1. The third kappa shape index (κ3) is 3.35. The number of hydrogen-bond donors (Lipinski definition) is 1. The van der Waals surface area contributed by atoms with E-state index in [0.29, 0.717) is 17.0 Å². The minimum Gasteiger partial charge on any atom is -0.338 e. The SMILES string of the molecule is CCc1ccc(C2=CCN(c3nc4c(cnn4C(C)(C)C)c(=O)[nH]3)CC2)cc1. The summed E-state index contributed by atoms with van der Waals surface area (Å²) in [6, 6.07) is 8.80. The second kappa shape index (κ2) is 6.93. The first-order valence-corrected chi connectivity index (χ1v) is 9.88. The van der Waals surface area contributed by atoms with Gasteiger partial charge in [-0.3, -0.25) is 9.78 Å². The van der Waals surface area contributed by atoms with Gasteiger partial charge in [0.2, 0.25) is 5.95 Å². The summed E-state index contributed by atoms with van der Waals surface area (Å²) in [6.45, 7) is 9.89. The monoisotopic (exact) mass is 377 g/mol. The first-order valence-electron chi connectivity index (χ1n) is 9.88. The molecule has 3 heterocycles. The van der Waals surface area contributed by atoms with Crippen LogP contribution in [0.4, 0.5) is 5.95 Å². The Morgan fingerprint density at radius 1 is 1.18 bits per heavy atom. The van der Waals surface area contributed by atoms with E-state index in [0.717, 1.165) is 25.9 Å². The fourth-order valence-electron chi connectivity index (χ4n) is 3.63. The molecular formula is C22H27N5O. The highest BCUT2D eigenvalue weighted by Crippen LogP contribution is 2.25. The zero-order valence-electron chi connectivity index (χ0n) is 17.0. The molecule has 0 saturated heterocycles. The molecule has 1 N–H and O–H groups in total. The number of nitrogens with one attached hydrogen (secondary N) is 1. The Hall–Kier alpha value is -2.89. The molecule has 0 aliphatic carbocycles. The van der Waals surface area contributed by atoms with E-state index < -0.39 is 0 Å². The number of aromatic nitrogens is 4. The molecule has 28 heavy (non-hydrogen) atoms. The zero-order valence-corrected chi connectivity index (χ0v) is 17.0. The Bertz CT molecular complexity index is 1080. The quantitative estimate of drug-likeness (QED) is 0.755.